The first-order valence-corrected chi connectivity index (χ1v) is 5.68. The van der Waals surface area contributed by atoms with E-state index in [1.807, 2.05) is 19.9 Å². The molecular formula is C12H20O3. The van der Waals surface area contributed by atoms with Crippen molar-refractivity contribution in [2.45, 2.75) is 57.2 Å². The lowest BCUT2D eigenvalue weighted by Gasteiger charge is -2.22. The van der Waals surface area contributed by atoms with Crippen LogP contribution >= 0.6 is 0 Å². The second kappa shape index (κ2) is 3.89. The zero-order chi connectivity index (χ0) is 11.1. The lowest BCUT2D eigenvalue weighted by molar-refractivity contribution is -0.166. The standard InChI is InChI=1S/C12H20O3/c1-4-5-6-8-7-9(13)11-10(8)14-12(2,3)15-11/h4,8-11,13H,1,5-7H2,2-3H3/t8-,9-,10+,11-/m0/s1. The number of ether oxygens (including phenoxy) is 2. The molecule has 2 rings (SSSR count). The van der Waals surface area contributed by atoms with Crippen LogP contribution in [0.3, 0.4) is 0 Å². The van der Waals surface area contributed by atoms with Crippen molar-refractivity contribution in [2.75, 3.05) is 0 Å². The van der Waals surface area contributed by atoms with Crippen LogP contribution < -0.4 is 0 Å². The van der Waals surface area contributed by atoms with Crippen LogP contribution in [-0.4, -0.2) is 29.2 Å². The van der Waals surface area contributed by atoms with E-state index in [0.29, 0.717) is 5.92 Å². The highest BCUT2D eigenvalue weighted by Gasteiger charge is 2.52. The van der Waals surface area contributed by atoms with Gasteiger partial charge in [0.05, 0.1) is 12.2 Å². The normalized spacial score (nSPS) is 42.9. The van der Waals surface area contributed by atoms with Crippen LogP contribution in [-0.2, 0) is 9.47 Å². The Morgan fingerprint density at radius 2 is 2.07 bits per heavy atom. The summed E-state index contributed by atoms with van der Waals surface area (Å²) in [7, 11) is 0. The number of rotatable bonds is 3. The highest BCUT2D eigenvalue weighted by Crippen LogP contribution is 2.43. The molecule has 2 fully saturated rings. The van der Waals surface area contributed by atoms with Crippen LogP contribution in [0.4, 0.5) is 0 Å². The van der Waals surface area contributed by atoms with Crippen LogP contribution in [0, 0.1) is 5.92 Å². The Labute approximate surface area is 91.1 Å². The smallest absolute Gasteiger partial charge is 0.163 e. The maximum absolute atomic E-state index is 9.87. The molecule has 0 amide bonds. The van der Waals surface area contributed by atoms with E-state index < -0.39 is 5.79 Å². The first-order valence-electron chi connectivity index (χ1n) is 5.68. The zero-order valence-electron chi connectivity index (χ0n) is 9.48. The lowest BCUT2D eigenvalue weighted by Crippen LogP contribution is -2.28. The topological polar surface area (TPSA) is 38.7 Å². The van der Waals surface area contributed by atoms with Crippen LogP contribution in [0.5, 0.6) is 0 Å². The Hall–Kier alpha value is -0.380. The SMILES string of the molecule is C=CCC[C@H]1C[C@H](O)[C@@H]2OC(C)(C)O[C@H]12. The van der Waals surface area contributed by atoms with Gasteiger partial charge in [-0.1, -0.05) is 6.08 Å². The number of fused-ring (bicyclic) bond motifs is 1. The molecule has 0 aromatic carbocycles. The Morgan fingerprint density at radius 3 is 2.73 bits per heavy atom. The number of aliphatic hydroxyl groups excluding tert-OH is 1. The second-order valence-electron chi connectivity index (χ2n) is 4.99. The quantitative estimate of drug-likeness (QED) is 0.726. The minimum atomic E-state index is -0.539. The van der Waals surface area contributed by atoms with E-state index >= 15 is 0 Å². The summed E-state index contributed by atoms with van der Waals surface area (Å²) in [6, 6.07) is 0. The van der Waals surface area contributed by atoms with E-state index in [9.17, 15) is 5.11 Å². The predicted octanol–water partition coefficient (Wildman–Crippen LogP) is 1.85. The van der Waals surface area contributed by atoms with Gasteiger partial charge >= 0.3 is 0 Å². The molecular weight excluding hydrogens is 192 g/mol. The monoisotopic (exact) mass is 212 g/mol. The summed E-state index contributed by atoms with van der Waals surface area (Å²) < 4.78 is 11.5. The molecule has 1 N–H and O–H groups in total. The summed E-state index contributed by atoms with van der Waals surface area (Å²) in [5, 5.41) is 9.87. The molecule has 1 aliphatic heterocycles. The van der Waals surface area contributed by atoms with Crippen molar-refractivity contribution in [3.63, 3.8) is 0 Å². The van der Waals surface area contributed by atoms with E-state index in [1.165, 1.54) is 0 Å². The van der Waals surface area contributed by atoms with Gasteiger partial charge in [0.2, 0.25) is 0 Å². The van der Waals surface area contributed by atoms with Gasteiger partial charge in [-0.2, -0.15) is 0 Å². The fourth-order valence-corrected chi connectivity index (χ4v) is 2.67. The highest BCUT2D eigenvalue weighted by molar-refractivity contribution is 4.98. The van der Waals surface area contributed by atoms with Gasteiger partial charge in [-0.25, -0.2) is 0 Å². The first-order chi connectivity index (χ1) is 7.03. The average Bonchev–Trinajstić information content (AvgIpc) is 2.60. The highest BCUT2D eigenvalue weighted by atomic mass is 16.8. The summed E-state index contributed by atoms with van der Waals surface area (Å²) in [5.74, 6) is -0.131. The fourth-order valence-electron chi connectivity index (χ4n) is 2.67. The minimum absolute atomic E-state index is 0.0648. The summed E-state index contributed by atoms with van der Waals surface area (Å²) in [5.41, 5.74) is 0. The molecule has 1 aliphatic carbocycles. The van der Waals surface area contributed by atoms with E-state index in [1.54, 1.807) is 0 Å². The lowest BCUT2D eigenvalue weighted by atomic mass is 9.99. The van der Waals surface area contributed by atoms with Gasteiger partial charge in [-0.3, -0.25) is 0 Å². The largest absolute Gasteiger partial charge is 0.390 e. The van der Waals surface area contributed by atoms with Crippen molar-refractivity contribution >= 4 is 0 Å². The molecule has 0 spiro atoms. The second-order valence-corrected chi connectivity index (χ2v) is 4.99. The molecule has 1 heterocycles. The molecule has 0 bridgehead atoms. The summed E-state index contributed by atoms with van der Waals surface area (Å²) in [6.45, 7) is 7.53. The molecule has 0 aromatic heterocycles. The molecule has 2 aliphatic rings. The third-order valence-corrected chi connectivity index (χ3v) is 3.29. The van der Waals surface area contributed by atoms with Crippen LogP contribution in [0.25, 0.3) is 0 Å². The number of aliphatic hydroxyl groups is 1. The molecule has 86 valence electrons. The van der Waals surface area contributed by atoms with Gasteiger partial charge in [0.15, 0.2) is 5.79 Å². The molecule has 3 heteroatoms. The Balaban J connectivity index is 2.02. The maximum Gasteiger partial charge on any atom is 0.163 e. The van der Waals surface area contributed by atoms with Gasteiger partial charge in [0, 0.05) is 0 Å². The molecule has 3 nitrogen and oxygen atoms in total. The maximum atomic E-state index is 9.87. The van der Waals surface area contributed by atoms with Gasteiger partial charge < -0.3 is 14.6 Å². The van der Waals surface area contributed by atoms with Gasteiger partial charge in [-0.15, -0.1) is 6.58 Å². The molecule has 0 radical (unpaired) electrons. The summed E-state index contributed by atoms with van der Waals surface area (Å²) in [6.07, 6.45) is 4.28. The number of hydrogen-bond donors (Lipinski definition) is 1. The van der Waals surface area contributed by atoms with Crippen LogP contribution in [0.1, 0.15) is 33.1 Å². The fraction of sp³-hybridized carbons (Fsp3) is 0.833. The zero-order valence-corrected chi connectivity index (χ0v) is 9.48. The third-order valence-electron chi connectivity index (χ3n) is 3.29. The van der Waals surface area contributed by atoms with E-state index in [4.69, 9.17) is 9.47 Å². The van der Waals surface area contributed by atoms with Crippen molar-refractivity contribution in [3.05, 3.63) is 12.7 Å². The van der Waals surface area contributed by atoms with Gasteiger partial charge in [0.1, 0.15) is 6.10 Å². The van der Waals surface area contributed by atoms with E-state index in [-0.39, 0.29) is 18.3 Å². The van der Waals surface area contributed by atoms with Crippen molar-refractivity contribution in [3.8, 4) is 0 Å². The Morgan fingerprint density at radius 1 is 1.40 bits per heavy atom. The Bertz CT molecular complexity index is 249. The third kappa shape index (κ3) is 2.10. The average molecular weight is 212 g/mol. The van der Waals surface area contributed by atoms with Gasteiger partial charge in [0.25, 0.3) is 0 Å². The number of allylic oxidation sites excluding steroid dienone is 1. The van der Waals surface area contributed by atoms with Gasteiger partial charge in [-0.05, 0) is 39.0 Å². The van der Waals surface area contributed by atoms with E-state index in [2.05, 4.69) is 6.58 Å². The van der Waals surface area contributed by atoms with Crippen molar-refractivity contribution in [1.82, 2.24) is 0 Å². The van der Waals surface area contributed by atoms with Crippen molar-refractivity contribution in [1.29, 1.82) is 0 Å². The molecule has 1 saturated heterocycles. The summed E-state index contributed by atoms with van der Waals surface area (Å²) >= 11 is 0. The number of hydrogen-bond acceptors (Lipinski definition) is 3. The summed E-state index contributed by atoms with van der Waals surface area (Å²) in [4.78, 5) is 0. The molecule has 0 unspecified atom stereocenters. The molecule has 0 aromatic rings. The van der Waals surface area contributed by atoms with Crippen LogP contribution in [0.2, 0.25) is 0 Å². The molecule has 4 atom stereocenters. The molecule has 15 heavy (non-hydrogen) atoms. The van der Waals surface area contributed by atoms with Crippen molar-refractivity contribution in [2.24, 2.45) is 5.92 Å². The first kappa shape index (κ1) is 11.1. The molecule has 1 saturated carbocycles. The predicted molar refractivity (Wildman–Crippen MR) is 57.4 cm³/mol. The van der Waals surface area contributed by atoms with E-state index in [0.717, 1.165) is 19.3 Å². The van der Waals surface area contributed by atoms with Crippen molar-refractivity contribution < 1.29 is 14.6 Å². The Kier molecular flexibility index (Phi) is 2.88. The van der Waals surface area contributed by atoms with Crippen LogP contribution in [0.15, 0.2) is 12.7 Å². The minimum Gasteiger partial charge on any atom is -0.390 e.